The monoisotopic (exact) mass is 284 g/mol. The van der Waals surface area contributed by atoms with E-state index in [9.17, 15) is 0 Å². The van der Waals surface area contributed by atoms with Crippen molar-refractivity contribution in [3.8, 4) is 5.75 Å². The number of rotatable bonds is 5. The average molecular weight is 285 g/mol. The van der Waals surface area contributed by atoms with Gasteiger partial charge in [0.1, 0.15) is 5.75 Å². The number of hydrogen-bond donors (Lipinski definition) is 2. The van der Waals surface area contributed by atoms with Crippen molar-refractivity contribution in [2.24, 2.45) is 0 Å². The van der Waals surface area contributed by atoms with E-state index in [1.165, 1.54) is 0 Å². The van der Waals surface area contributed by atoms with Gasteiger partial charge in [-0.1, -0.05) is 11.6 Å². The predicted octanol–water partition coefficient (Wildman–Crippen LogP) is 2.53. The SMILES string of the molecule is COc1ccc(Cl)c(NC(C)CC2COCCN2)c1. The Morgan fingerprint density at radius 1 is 1.58 bits per heavy atom. The lowest BCUT2D eigenvalue weighted by Gasteiger charge is -2.27. The fraction of sp³-hybridized carbons (Fsp3) is 0.571. The third-order valence-corrected chi connectivity index (χ3v) is 3.54. The maximum Gasteiger partial charge on any atom is 0.121 e. The van der Waals surface area contributed by atoms with Crippen molar-refractivity contribution < 1.29 is 9.47 Å². The zero-order valence-corrected chi connectivity index (χ0v) is 12.2. The lowest BCUT2D eigenvalue weighted by molar-refractivity contribution is 0.0731. The molecule has 106 valence electrons. The molecule has 2 rings (SSSR count). The Morgan fingerprint density at radius 3 is 3.11 bits per heavy atom. The number of morpholine rings is 1. The third kappa shape index (κ3) is 4.27. The first-order chi connectivity index (χ1) is 9.19. The van der Waals surface area contributed by atoms with Gasteiger partial charge in [-0.2, -0.15) is 0 Å². The van der Waals surface area contributed by atoms with E-state index in [0.717, 1.165) is 37.6 Å². The summed E-state index contributed by atoms with van der Waals surface area (Å²) in [6, 6.07) is 6.33. The molecule has 19 heavy (non-hydrogen) atoms. The van der Waals surface area contributed by atoms with Gasteiger partial charge in [-0.05, 0) is 25.5 Å². The van der Waals surface area contributed by atoms with Crippen LogP contribution in [-0.2, 0) is 4.74 Å². The van der Waals surface area contributed by atoms with E-state index in [4.69, 9.17) is 21.1 Å². The van der Waals surface area contributed by atoms with Gasteiger partial charge in [0.05, 0.1) is 31.0 Å². The van der Waals surface area contributed by atoms with Crippen molar-refractivity contribution in [2.75, 3.05) is 32.2 Å². The zero-order chi connectivity index (χ0) is 13.7. The van der Waals surface area contributed by atoms with E-state index in [-0.39, 0.29) is 0 Å². The van der Waals surface area contributed by atoms with Crippen LogP contribution in [0.25, 0.3) is 0 Å². The smallest absolute Gasteiger partial charge is 0.121 e. The van der Waals surface area contributed by atoms with Gasteiger partial charge >= 0.3 is 0 Å². The molecule has 1 aromatic rings. The van der Waals surface area contributed by atoms with Crippen LogP contribution < -0.4 is 15.4 Å². The number of nitrogens with one attached hydrogen (secondary N) is 2. The van der Waals surface area contributed by atoms with Gasteiger partial charge in [0, 0.05) is 24.7 Å². The number of anilines is 1. The molecule has 1 saturated heterocycles. The minimum absolute atomic E-state index is 0.309. The van der Waals surface area contributed by atoms with Crippen LogP contribution in [0.15, 0.2) is 18.2 Å². The largest absolute Gasteiger partial charge is 0.497 e. The molecule has 0 bridgehead atoms. The van der Waals surface area contributed by atoms with Gasteiger partial charge in [0.15, 0.2) is 0 Å². The molecule has 0 spiro atoms. The van der Waals surface area contributed by atoms with Gasteiger partial charge < -0.3 is 20.1 Å². The Hall–Kier alpha value is -0.970. The van der Waals surface area contributed by atoms with Crippen molar-refractivity contribution in [1.29, 1.82) is 0 Å². The van der Waals surface area contributed by atoms with Crippen LogP contribution in [0.2, 0.25) is 5.02 Å². The van der Waals surface area contributed by atoms with Crippen molar-refractivity contribution >= 4 is 17.3 Å². The highest BCUT2D eigenvalue weighted by Gasteiger charge is 2.16. The molecular weight excluding hydrogens is 264 g/mol. The van der Waals surface area contributed by atoms with Gasteiger partial charge in [-0.15, -0.1) is 0 Å². The second kappa shape index (κ2) is 6.98. The van der Waals surface area contributed by atoms with Crippen molar-refractivity contribution in [1.82, 2.24) is 5.32 Å². The lowest BCUT2D eigenvalue weighted by Crippen LogP contribution is -2.43. The van der Waals surface area contributed by atoms with E-state index in [1.807, 2.05) is 18.2 Å². The molecule has 1 aliphatic heterocycles. The maximum absolute atomic E-state index is 6.18. The molecule has 2 atom stereocenters. The fourth-order valence-electron chi connectivity index (χ4n) is 2.26. The molecule has 2 N–H and O–H groups in total. The number of methoxy groups -OCH3 is 1. The van der Waals surface area contributed by atoms with E-state index in [1.54, 1.807) is 7.11 Å². The summed E-state index contributed by atoms with van der Waals surface area (Å²) in [6.07, 6.45) is 0.994. The molecular formula is C14H21ClN2O2. The summed E-state index contributed by atoms with van der Waals surface area (Å²) < 4.78 is 10.7. The van der Waals surface area contributed by atoms with Crippen LogP contribution in [0.1, 0.15) is 13.3 Å². The minimum atomic E-state index is 0.309. The Labute approximate surface area is 119 Å². The van der Waals surface area contributed by atoms with Crippen LogP contribution in [0.4, 0.5) is 5.69 Å². The third-order valence-electron chi connectivity index (χ3n) is 3.21. The van der Waals surface area contributed by atoms with E-state index < -0.39 is 0 Å². The summed E-state index contributed by atoms with van der Waals surface area (Å²) in [5.74, 6) is 0.804. The molecule has 1 fully saturated rings. The molecule has 1 aliphatic rings. The maximum atomic E-state index is 6.18. The first-order valence-corrected chi connectivity index (χ1v) is 6.98. The number of benzene rings is 1. The van der Waals surface area contributed by atoms with E-state index >= 15 is 0 Å². The molecule has 0 amide bonds. The molecule has 0 aromatic heterocycles. The molecule has 5 heteroatoms. The number of hydrogen-bond acceptors (Lipinski definition) is 4. The van der Waals surface area contributed by atoms with E-state index in [0.29, 0.717) is 17.1 Å². The highest BCUT2D eigenvalue weighted by molar-refractivity contribution is 6.33. The van der Waals surface area contributed by atoms with E-state index in [2.05, 4.69) is 17.6 Å². The predicted molar refractivity (Wildman–Crippen MR) is 78.3 cm³/mol. The summed E-state index contributed by atoms with van der Waals surface area (Å²) in [4.78, 5) is 0. The average Bonchev–Trinajstić information content (AvgIpc) is 2.42. The first-order valence-electron chi connectivity index (χ1n) is 6.60. The van der Waals surface area contributed by atoms with Crippen molar-refractivity contribution in [3.05, 3.63) is 23.2 Å². The van der Waals surface area contributed by atoms with Gasteiger partial charge in [0.25, 0.3) is 0 Å². The van der Waals surface area contributed by atoms with Crippen LogP contribution in [-0.4, -0.2) is 39.0 Å². The van der Waals surface area contributed by atoms with Gasteiger partial charge in [0.2, 0.25) is 0 Å². The minimum Gasteiger partial charge on any atom is -0.497 e. The zero-order valence-electron chi connectivity index (χ0n) is 11.4. The molecule has 1 heterocycles. The summed E-state index contributed by atoms with van der Waals surface area (Å²) in [5, 5.41) is 7.58. The quantitative estimate of drug-likeness (QED) is 0.872. The highest BCUT2D eigenvalue weighted by atomic mass is 35.5. The molecule has 0 radical (unpaired) electrons. The number of halogens is 1. The molecule has 4 nitrogen and oxygen atoms in total. The second-order valence-electron chi connectivity index (χ2n) is 4.85. The summed E-state index contributed by atoms with van der Waals surface area (Å²) in [5.41, 5.74) is 0.908. The van der Waals surface area contributed by atoms with Crippen LogP contribution >= 0.6 is 11.6 Å². The Balaban J connectivity index is 1.92. The van der Waals surface area contributed by atoms with Crippen LogP contribution in [0, 0.1) is 0 Å². The Kier molecular flexibility index (Phi) is 5.31. The van der Waals surface area contributed by atoms with Crippen LogP contribution in [0.3, 0.4) is 0 Å². The number of ether oxygens (including phenoxy) is 2. The Bertz CT molecular complexity index is 408. The summed E-state index contributed by atoms with van der Waals surface area (Å²) >= 11 is 6.18. The molecule has 0 aliphatic carbocycles. The van der Waals surface area contributed by atoms with Gasteiger partial charge in [-0.3, -0.25) is 0 Å². The fourth-order valence-corrected chi connectivity index (χ4v) is 2.44. The molecule has 1 aromatic carbocycles. The standard InChI is InChI=1S/C14H21ClN2O2/c1-10(7-11-9-19-6-5-16-11)17-14-8-12(18-2)3-4-13(14)15/h3-4,8,10-11,16-17H,5-7,9H2,1-2H3. The summed E-state index contributed by atoms with van der Waals surface area (Å²) in [6.45, 7) is 4.65. The van der Waals surface area contributed by atoms with Crippen molar-refractivity contribution in [2.45, 2.75) is 25.4 Å². The molecule has 0 saturated carbocycles. The summed E-state index contributed by atoms with van der Waals surface area (Å²) in [7, 11) is 1.65. The van der Waals surface area contributed by atoms with Gasteiger partial charge in [-0.25, -0.2) is 0 Å². The Morgan fingerprint density at radius 2 is 2.42 bits per heavy atom. The van der Waals surface area contributed by atoms with Crippen molar-refractivity contribution in [3.63, 3.8) is 0 Å². The normalized spacial score (nSPS) is 20.9. The molecule has 2 unspecified atom stereocenters. The topological polar surface area (TPSA) is 42.5 Å². The second-order valence-corrected chi connectivity index (χ2v) is 5.26. The highest BCUT2D eigenvalue weighted by Crippen LogP contribution is 2.27. The van der Waals surface area contributed by atoms with Crippen LogP contribution in [0.5, 0.6) is 5.75 Å². The first kappa shape index (κ1) is 14.4. The lowest BCUT2D eigenvalue weighted by atomic mass is 10.1.